The molecule has 0 saturated carbocycles. The molecule has 2 nitrogen and oxygen atoms in total. The van der Waals surface area contributed by atoms with E-state index in [1.165, 1.54) is 27.5 Å². The van der Waals surface area contributed by atoms with Gasteiger partial charge in [-0.15, -0.1) is 0 Å². The van der Waals surface area contributed by atoms with Crippen LogP contribution in [0.25, 0.3) is 10.9 Å². The van der Waals surface area contributed by atoms with Crippen molar-refractivity contribution in [2.45, 2.75) is 12.8 Å². The van der Waals surface area contributed by atoms with Crippen LogP contribution in [-0.2, 0) is 13.5 Å². The first-order valence-corrected chi connectivity index (χ1v) is 6.40. The zero-order valence-corrected chi connectivity index (χ0v) is 11.3. The normalized spacial score (nSPS) is 11.2. The molecule has 2 aromatic rings. The standard InChI is InChI=1S/C13H17BrN2/c1-15-8-4-6-11-9-10-5-3-7-12(14)13(10)16(11)2/h3,5,7,9,15H,4,6,8H2,1-2H3. The van der Waals surface area contributed by atoms with Crippen LogP contribution in [0.4, 0.5) is 0 Å². The Morgan fingerprint density at radius 1 is 1.38 bits per heavy atom. The smallest absolute Gasteiger partial charge is 0.0624 e. The largest absolute Gasteiger partial charge is 0.347 e. The van der Waals surface area contributed by atoms with Crippen LogP contribution in [0.2, 0.25) is 0 Å². The van der Waals surface area contributed by atoms with Crippen molar-refractivity contribution >= 4 is 26.8 Å². The van der Waals surface area contributed by atoms with Gasteiger partial charge in [-0.25, -0.2) is 0 Å². The Labute approximate surface area is 105 Å². The molecule has 0 bridgehead atoms. The average molecular weight is 281 g/mol. The van der Waals surface area contributed by atoms with Gasteiger partial charge in [0.15, 0.2) is 0 Å². The number of aromatic nitrogens is 1. The van der Waals surface area contributed by atoms with Crippen LogP contribution in [-0.4, -0.2) is 18.2 Å². The number of hydrogen-bond donors (Lipinski definition) is 1. The number of fused-ring (bicyclic) bond motifs is 1. The van der Waals surface area contributed by atoms with Gasteiger partial charge in [0.05, 0.1) is 5.52 Å². The van der Waals surface area contributed by atoms with Crippen molar-refractivity contribution < 1.29 is 0 Å². The third kappa shape index (κ3) is 2.15. The van der Waals surface area contributed by atoms with Crippen LogP contribution in [0.15, 0.2) is 28.7 Å². The maximum atomic E-state index is 3.61. The molecule has 0 atom stereocenters. The molecule has 0 aliphatic rings. The second kappa shape index (κ2) is 5.02. The average Bonchev–Trinajstić information content (AvgIpc) is 2.58. The number of benzene rings is 1. The van der Waals surface area contributed by atoms with Crippen molar-refractivity contribution in [1.82, 2.24) is 9.88 Å². The fourth-order valence-electron chi connectivity index (χ4n) is 2.11. The Morgan fingerprint density at radius 2 is 2.19 bits per heavy atom. The maximum absolute atomic E-state index is 3.61. The summed E-state index contributed by atoms with van der Waals surface area (Å²) in [6, 6.07) is 8.64. The SMILES string of the molecule is CNCCCc1cc2cccc(Br)c2n1C. The van der Waals surface area contributed by atoms with Crippen LogP contribution >= 0.6 is 15.9 Å². The molecule has 0 aliphatic heterocycles. The highest BCUT2D eigenvalue weighted by molar-refractivity contribution is 9.10. The van der Waals surface area contributed by atoms with E-state index in [2.05, 4.69) is 57.1 Å². The molecular weight excluding hydrogens is 264 g/mol. The van der Waals surface area contributed by atoms with Gasteiger partial charge in [0.1, 0.15) is 0 Å². The van der Waals surface area contributed by atoms with Crippen LogP contribution < -0.4 is 5.32 Å². The van der Waals surface area contributed by atoms with Crippen molar-refractivity contribution in [2.24, 2.45) is 7.05 Å². The monoisotopic (exact) mass is 280 g/mol. The van der Waals surface area contributed by atoms with E-state index < -0.39 is 0 Å². The van der Waals surface area contributed by atoms with Gasteiger partial charge in [-0.2, -0.15) is 0 Å². The molecule has 0 unspecified atom stereocenters. The molecule has 1 N–H and O–H groups in total. The summed E-state index contributed by atoms with van der Waals surface area (Å²) in [6.45, 7) is 1.07. The minimum absolute atomic E-state index is 1.07. The summed E-state index contributed by atoms with van der Waals surface area (Å²) >= 11 is 3.61. The van der Waals surface area contributed by atoms with Gasteiger partial charge in [0.2, 0.25) is 0 Å². The second-order valence-corrected chi connectivity index (χ2v) is 4.93. The van der Waals surface area contributed by atoms with Gasteiger partial charge < -0.3 is 9.88 Å². The van der Waals surface area contributed by atoms with Crippen molar-refractivity contribution in [2.75, 3.05) is 13.6 Å². The minimum Gasteiger partial charge on any atom is -0.347 e. The second-order valence-electron chi connectivity index (χ2n) is 4.08. The molecule has 1 heterocycles. The van der Waals surface area contributed by atoms with Crippen LogP contribution in [0, 0.1) is 0 Å². The van der Waals surface area contributed by atoms with E-state index in [1.54, 1.807) is 0 Å². The molecular formula is C13H17BrN2. The molecule has 0 fully saturated rings. The number of nitrogens with zero attached hydrogens (tertiary/aromatic N) is 1. The Morgan fingerprint density at radius 3 is 2.88 bits per heavy atom. The molecule has 0 spiro atoms. The highest BCUT2D eigenvalue weighted by Gasteiger charge is 2.07. The Kier molecular flexibility index (Phi) is 3.66. The lowest BCUT2D eigenvalue weighted by Crippen LogP contribution is -2.09. The molecule has 1 aromatic carbocycles. The number of aryl methyl sites for hydroxylation is 2. The van der Waals surface area contributed by atoms with Crippen molar-refractivity contribution in [3.05, 3.63) is 34.4 Å². The zero-order chi connectivity index (χ0) is 11.5. The quantitative estimate of drug-likeness (QED) is 0.852. The van der Waals surface area contributed by atoms with E-state index in [9.17, 15) is 0 Å². The molecule has 0 aliphatic carbocycles. The molecule has 0 amide bonds. The summed E-state index contributed by atoms with van der Waals surface area (Å²) in [6.07, 6.45) is 2.30. The number of halogens is 1. The summed E-state index contributed by atoms with van der Waals surface area (Å²) < 4.78 is 3.46. The zero-order valence-electron chi connectivity index (χ0n) is 9.76. The van der Waals surface area contributed by atoms with Gasteiger partial charge in [-0.1, -0.05) is 12.1 Å². The maximum Gasteiger partial charge on any atom is 0.0624 e. The lowest BCUT2D eigenvalue weighted by atomic mass is 10.2. The van der Waals surface area contributed by atoms with E-state index in [0.717, 1.165) is 13.0 Å². The number of hydrogen-bond acceptors (Lipinski definition) is 1. The Hall–Kier alpha value is -0.800. The molecule has 16 heavy (non-hydrogen) atoms. The fourth-order valence-corrected chi connectivity index (χ4v) is 2.76. The Bertz CT molecular complexity index is 488. The molecule has 0 saturated heterocycles. The van der Waals surface area contributed by atoms with E-state index in [-0.39, 0.29) is 0 Å². The predicted octanol–water partition coefficient (Wildman–Crippen LogP) is 3.09. The highest BCUT2D eigenvalue weighted by Crippen LogP contribution is 2.26. The summed E-state index contributed by atoms with van der Waals surface area (Å²) in [5.74, 6) is 0. The molecule has 2 rings (SSSR count). The topological polar surface area (TPSA) is 17.0 Å². The van der Waals surface area contributed by atoms with E-state index in [4.69, 9.17) is 0 Å². The van der Waals surface area contributed by atoms with Gasteiger partial charge in [-0.05, 0) is 54.5 Å². The first kappa shape index (κ1) is 11.7. The number of nitrogens with one attached hydrogen (secondary N) is 1. The minimum atomic E-state index is 1.07. The van der Waals surface area contributed by atoms with E-state index in [0.29, 0.717) is 0 Å². The lowest BCUT2D eigenvalue weighted by Gasteiger charge is -2.05. The van der Waals surface area contributed by atoms with Gasteiger partial charge in [0.25, 0.3) is 0 Å². The molecule has 0 radical (unpaired) electrons. The first-order valence-electron chi connectivity index (χ1n) is 5.61. The van der Waals surface area contributed by atoms with Gasteiger partial charge in [0, 0.05) is 22.6 Å². The van der Waals surface area contributed by atoms with Crippen molar-refractivity contribution in [3.63, 3.8) is 0 Å². The highest BCUT2D eigenvalue weighted by atomic mass is 79.9. The predicted molar refractivity (Wildman–Crippen MR) is 72.9 cm³/mol. The van der Waals surface area contributed by atoms with Crippen molar-refractivity contribution in [1.29, 1.82) is 0 Å². The van der Waals surface area contributed by atoms with Gasteiger partial charge >= 0.3 is 0 Å². The Balaban J connectivity index is 2.33. The molecule has 86 valence electrons. The van der Waals surface area contributed by atoms with Gasteiger partial charge in [-0.3, -0.25) is 0 Å². The summed E-state index contributed by atoms with van der Waals surface area (Å²) in [4.78, 5) is 0. The molecule has 1 aromatic heterocycles. The lowest BCUT2D eigenvalue weighted by molar-refractivity contribution is 0.698. The summed E-state index contributed by atoms with van der Waals surface area (Å²) in [5, 5.41) is 4.50. The summed E-state index contributed by atoms with van der Waals surface area (Å²) in [7, 11) is 4.14. The van der Waals surface area contributed by atoms with Crippen LogP contribution in [0.5, 0.6) is 0 Å². The third-order valence-electron chi connectivity index (χ3n) is 2.97. The van der Waals surface area contributed by atoms with Crippen molar-refractivity contribution in [3.8, 4) is 0 Å². The van der Waals surface area contributed by atoms with Crippen LogP contribution in [0.1, 0.15) is 12.1 Å². The number of rotatable bonds is 4. The van der Waals surface area contributed by atoms with E-state index >= 15 is 0 Å². The summed E-state index contributed by atoms with van der Waals surface area (Å²) in [5.41, 5.74) is 2.69. The fraction of sp³-hybridized carbons (Fsp3) is 0.385. The number of para-hydroxylation sites is 1. The first-order chi connectivity index (χ1) is 7.74. The molecule has 3 heteroatoms. The van der Waals surface area contributed by atoms with Crippen LogP contribution in [0.3, 0.4) is 0 Å². The van der Waals surface area contributed by atoms with E-state index in [1.807, 2.05) is 7.05 Å². The third-order valence-corrected chi connectivity index (χ3v) is 3.61.